The molecule has 0 aliphatic rings. The van der Waals surface area contributed by atoms with Gasteiger partial charge in [0.1, 0.15) is 0 Å². The summed E-state index contributed by atoms with van der Waals surface area (Å²) in [5, 5.41) is 15.0. The molecule has 0 unspecified atom stereocenters. The highest BCUT2D eigenvalue weighted by Crippen LogP contribution is 2.38. The third kappa shape index (κ3) is 5.33. The number of hydrogen-bond acceptors (Lipinski definition) is 4. The highest BCUT2D eigenvalue weighted by molar-refractivity contribution is 7.89. The summed E-state index contributed by atoms with van der Waals surface area (Å²) >= 11 is 0. The van der Waals surface area contributed by atoms with Crippen molar-refractivity contribution in [1.29, 1.82) is 0 Å². The van der Waals surface area contributed by atoms with E-state index in [1.165, 1.54) is 0 Å². The Morgan fingerprint density at radius 2 is 1.61 bits per heavy atom. The molecule has 0 saturated heterocycles. The molecule has 0 atom stereocenters. The Morgan fingerprint density at radius 3 is 2.07 bits per heavy atom. The maximum atomic E-state index is 12.4. The molecule has 28 heavy (non-hydrogen) atoms. The van der Waals surface area contributed by atoms with Crippen LogP contribution in [0.25, 0.3) is 11.1 Å². The van der Waals surface area contributed by atoms with Crippen LogP contribution in [0.2, 0.25) is 0 Å². The lowest BCUT2D eigenvalue weighted by atomic mass is 9.99. The van der Waals surface area contributed by atoms with E-state index in [0.717, 1.165) is 31.7 Å². The van der Waals surface area contributed by atoms with Gasteiger partial charge >= 0.3 is 5.97 Å². The highest BCUT2D eigenvalue weighted by atomic mass is 32.2. The van der Waals surface area contributed by atoms with E-state index in [9.17, 15) is 18.3 Å². The topological polar surface area (TPSA) is 101 Å². The first-order valence-corrected chi connectivity index (χ1v) is 11.1. The number of carboxylic acids is 1. The molecule has 7 heteroatoms. The number of nitrogens with two attached hydrogens (primary N) is 1. The fourth-order valence-electron chi connectivity index (χ4n) is 3.14. The molecule has 0 spiro atoms. The Balaban J connectivity index is 2.82. The molecular weight excluding hydrogens is 376 g/mol. The van der Waals surface area contributed by atoms with Crippen molar-refractivity contribution in [1.82, 2.24) is 0 Å². The number of carboxylic acid groups (broad SMARTS) is 1. The van der Waals surface area contributed by atoms with Crippen LogP contribution in [0, 0.1) is 0 Å². The number of rotatable bonds is 10. The van der Waals surface area contributed by atoms with E-state index in [1.807, 2.05) is 30.3 Å². The van der Waals surface area contributed by atoms with Gasteiger partial charge in [-0.15, -0.1) is 0 Å². The number of anilines is 1. The lowest BCUT2D eigenvalue weighted by molar-refractivity contribution is 0.0696. The summed E-state index contributed by atoms with van der Waals surface area (Å²) < 4.78 is 24.7. The number of nitrogens with zero attached hydrogens (tertiary/aromatic N) is 1. The van der Waals surface area contributed by atoms with Crippen molar-refractivity contribution in [2.75, 3.05) is 18.0 Å². The lowest BCUT2D eigenvalue weighted by Crippen LogP contribution is -2.27. The van der Waals surface area contributed by atoms with E-state index < -0.39 is 16.0 Å². The number of sulfonamides is 1. The van der Waals surface area contributed by atoms with Gasteiger partial charge < -0.3 is 10.0 Å². The standard InChI is InChI=1S/C21H28N2O4S/c1-3-5-12-23(13-6-4-2)18-14-17(21(24)25)15-19(28(22,26)27)20(18)16-10-8-7-9-11-16/h7-11,14-15H,3-6,12-13H2,1-2H3,(H,24,25)(H2,22,26,27). The second-order valence-electron chi connectivity index (χ2n) is 6.78. The Morgan fingerprint density at radius 1 is 1.04 bits per heavy atom. The van der Waals surface area contributed by atoms with E-state index in [2.05, 4.69) is 18.7 Å². The molecule has 0 saturated carbocycles. The van der Waals surface area contributed by atoms with Gasteiger partial charge in [-0.25, -0.2) is 18.4 Å². The number of aromatic carboxylic acids is 1. The van der Waals surface area contributed by atoms with Gasteiger partial charge in [-0.3, -0.25) is 0 Å². The average Bonchev–Trinajstić information content (AvgIpc) is 2.67. The summed E-state index contributed by atoms with van der Waals surface area (Å²) in [5.41, 5.74) is 1.66. The van der Waals surface area contributed by atoms with Crippen molar-refractivity contribution in [3.63, 3.8) is 0 Å². The van der Waals surface area contributed by atoms with E-state index in [1.54, 1.807) is 6.07 Å². The van der Waals surface area contributed by atoms with Crippen LogP contribution in [0.15, 0.2) is 47.4 Å². The summed E-state index contributed by atoms with van der Waals surface area (Å²) in [6.45, 7) is 5.59. The fraction of sp³-hybridized carbons (Fsp3) is 0.381. The molecule has 3 N–H and O–H groups in total. The molecule has 0 heterocycles. The zero-order valence-corrected chi connectivity index (χ0v) is 17.2. The maximum Gasteiger partial charge on any atom is 0.335 e. The monoisotopic (exact) mass is 404 g/mol. The highest BCUT2D eigenvalue weighted by Gasteiger charge is 2.25. The second-order valence-corrected chi connectivity index (χ2v) is 8.31. The first-order valence-electron chi connectivity index (χ1n) is 9.54. The minimum absolute atomic E-state index is 0.0864. The Kier molecular flexibility index (Phi) is 7.60. The van der Waals surface area contributed by atoms with Gasteiger partial charge in [-0.1, -0.05) is 57.0 Å². The molecule has 6 nitrogen and oxygen atoms in total. The van der Waals surface area contributed by atoms with Crippen LogP contribution in [0.4, 0.5) is 5.69 Å². The minimum Gasteiger partial charge on any atom is -0.478 e. The Hall–Kier alpha value is -2.38. The first kappa shape index (κ1) is 21.9. The van der Waals surface area contributed by atoms with Crippen LogP contribution in [0.1, 0.15) is 49.9 Å². The van der Waals surface area contributed by atoms with Crippen molar-refractivity contribution in [3.05, 3.63) is 48.0 Å². The van der Waals surface area contributed by atoms with Crippen molar-refractivity contribution >= 4 is 21.7 Å². The summed E-state index contributed by atoms with van der Waals surface area (Å²) in [7, 11) is -4.12. The van der Waals surface area contributed by atoms with Crippen LogP contribution in [-0.4, -0.2) is 32.6 Å². The molecule has 2 aromatic rings. The van der Waals surface area contributed by atoms with Crippen molar-refractivity contribution < 1.29 is 18.3 Å². The first-order chi connectivity index (χ1) is 13.3. The summed E-state index contributed by atoms with van der Waals surface area (Å²) in [6.07, 6.45) is 3.79. The molecule has 2 aromatic carbocycles. The van der Waals surface area contributed by atoms with E-state index in [0.29, 0.717) is 29.9 Å². The summed E-state index contributed by atoms with van der Waals surface area (Å²) in [5.74, 6) is -1.18. The molecule has 0 aliphatic carbocycles. The van der Waals surface area contributed by atoms with Gasteiger partial charge in [-0.05, 0) is 30.5 Å². The number of carbonyl (C=O) groups is 1. The van der Waals surface area contributed by atoms with E-state index in [-0.39, 0.29) is 10.5 Å². The predicted molar refractivity (Wildman–Crippen MR) is 112 cm³/mol. The molecule has 0 bridgehead atoms. The normalized spacial score (nSPS) is 11.4. The Labute approximate surface area is 167 Å². The molecule has 2 rings (SSSR count). The third-order valence-electron chi connectivity index (χ3n) is 4.60. The quantitative estimate of drug-likeness (QED) is 0.621. The third-order valence-corrected chi connectivity index (χ3v) is 5.54. The number of unbranched alkanes of at least 4 members (excludes halogenated alkanes) is 2. The molecule has 0 amide bonds. The zero-order valence-electron chi connectivity index (χ0n) is 16.4. The number of benzene rings is 2. The smallest absolute Gasteiger partial charge is 0.335 e. The van der Waals surface area contributed by atoms with Gasteiger partial charge in [0.15, 0.2) is 0 Å². The minimum atomic E-state index is -4.12. The molecule has 0 aliphatic heterocycles. The van der Waals surface area contributed by atoms with Gasteiger partial charge in [0.2, 0.25) is 10.0 Å². The van der Waals surface area contributed by atoms with Crippen molar-refractivity contribution in [3.8, 4) is 11.1 Å². The SMILES string of the molecule is CCCCN(CCCC)c1cc(C(=O)O)cc(S(N)(=O)=O)c1-c1ccccc1. The summed E-state index contributed by atoms with van der Waals surface area (Å²) in [6, 6.07) is 11.8. The maximum absolute atomic E-state index is 12.4. The predicted octanol–water partition coefficient (Wildman–Crippen LogP) is 4.11. The molecule has 0 fully saturated rings. The van der Waals surface area contributed by atoms with E-state index >= 15 is 0 Å². The number of primary sulfonamides is 1. The van der Waals surface area contributed by atoms with Crippen LogP contribution >= 0.6 is 0 Å². The molecule has 152 valence electrons. The summed E-state index contributed by atoms with van der Waals surface area (Å²) in [4.78, 5) is 13.6. The Bertz CT molecular complexity index is 904. The van der Waals surface area contributed by atoms with Crippen molar-refractivity contribution in [2.24, 2.45) is 5.14 Å². The molecule has 0 radical (unpaired) electrons. The second kappa shape index (κ2) is 9.71. The zero-order chi connectivity index (χ0) is 20.7. The average molecular weight is 405 g/mol. The largest absolute Gasteiger partial charge is 0.478 e. The molecule has 0 aromatic heterocycles. The molecular formula is C21H28N2O4S. The number of hydrogen-bond donors (Lipinski definition) is 2. The lowest BCUT2D eigenvalue weighted by Gasteiger charge is -2.29. The van der Waals surface area contributed by atoms with Crippen molar-refractivity contribution in [2.45, 2.75) is 44.4 Å². The van der Waals surface area contributed by atoms with Crippen LogP contribution in [0.5, 0.6) is 0 Å². The van der Waals surface area contributed by atoms with Crippen LogP contribution in [0.3, 0.4) is 0 Å². The van der Waals surface area contributed by atoms with Gasteiger partial charge in [0, 0.05) is 24.3 Å². The van der Waals surface area contributed by atoms with Crippen LogP contribution in [-0.2, 0) is 10.0 Å². The van der Waals surface area contributed by atoms with Gasteiger partial charge in [0.25, 0.3) is 0 Å². The fourth-order valence-corrected chi connectivity index (χ4v) is 3.94. The van der Waals surface area contributed by atoms with E-state index in [4.69, 9.17) is 5.14 Å². The van der Waals surface area contributed by atoms with Gasteiger partial charge in [-0.2, -0.15) is 0 Å². The van der Waals surface area contributed by atoms with Gasteiger partial charge in [0.05, 0.1) is 10.5 Å². The van der Waals surface area contributed by atoms with Crippen LogP contribution < -0.4 is 10.0 Å².